The summed E-state index contributed by atoms with van der Waals surface area (Å²) in [6, 6.07) is 6.54. The fraction of sp³-hybridized carbons (Fsp3) is 0.0714. The molecule has 1 N–H and O–H groups in total. The van der Waals surface area contributed by atoms with Crippen molar-refractivity contribution in [1.29, 1.82) is 0 Å². The maximum atomic E-state index is 13.0. The van der Waals surface area contributed by atoms with E-state index in [2.05, 4.69) is 5.32 Å². The fourth-order valence-corrected chi connectivity index (χ4v) is 1.84. The third-order valence-electron chi connectivity index (χ3n) is 2.68. The van der Waals surface area contributed by atoms with Gasteiger partial charge < -0.3 is 10.1 Å². The van der Waals surface area contributed by atoms with E-state index in [1.54, 1.807) is 0 Å². The summed E-state index contributed by atoms with van der Waals surface area (Å²) < 4.78 is 30.8. The van der Waals surface area contributed by atoms with E-state index in [0.29, 0.717) is 0 Å². The van der Waals surface area contributed by atoms with Crippen molar-refractivity contribution < 1.29 is 23.2 Å². The summed E-state index contributed by atoms with van der Waals surface area (Å²) in [5.41, 5.74) is -0.360. The highest BCUT2D eigenvalue weighted by molar-refractivity contribution is 6.30. The maximum Gasteiger partial charge on any atom is 0.312 e. The SMILES string of the molecule is O=C(COc1ccc(Cl)cc1[N+](=O)[O-])Nc1ccc(F)c(F)c1. The summed E-state index contributed by atoms with van der Waals surface area (Å²) in [5.74, 6) is -2.99. The average molecular weight is 343 g/mol. The van der Waals surface area contributed by atoms with E-state index < -0.39 is 34.8 Å². The molecule has 2 aromatic carbocycles. The van der Waals surface area contributed by atoms with Crippen LogP contribution in [-0.4, -0.2) is 17.4 Å². The number of halogens is 3. The highest BCUT2D eigenvalue weighted by Crippen LogP contribution is 2.29. The second-order valence-electron chi connectivity index (χ2n) is 4.33. The van der Waals surface area contributed by atoms with E-state index in [-0.39, 0.29) is 16.5 Å². The standard InChI is InChI=1S/C14H9ClF2N2O4/c15-8-1-4-13(12(5-8)19(21)22)23-7-14(20)18-9-2-3-10(16)11(17)6-9/h1-6H,7H2,(H,18,20). The molecule has 120 valence electrons. The van der Waals surface area contributed by atoms with Gasteiger partial charge in [-0.1, -0.05) is 11.6 Å². The van der Waals surface area contributed by atoms with E-state index in [0.717, 1.165) is 18.2 Å². The number of nitro benzene ring substituents is 1. The molecule has 0 aliphatic heterocycles. The first kappa shape index (κ1) is 16.6. The maximum absolute atomic E-state index is 13.0. The van der Waals surface area contributed by atoms with Crippen LogP contribution >= 0.6 is 11.6 Å². The van der Waals surface area contributed by atoms with Crippen molar-refractivity contribution in [3.63, 3.8) is 0 Å². The van der Waals surface area contributed by atoms with Gasteiger partial charge in [0.15, 0.2) is 24.0 Å². The summed E-state index contributed by atoms with van der Waals surface area (Å²) in [5, 5.41) is 13.3. The Morgan fingerprint density at radius 3 is 2.61 bits per heavy atom. The van der Waals surface area contributed by atoms with Gasteiger partial charge in [-0.2, -0.15) is 0 Å². The largest absolute Gasteiger partial charge is 0.477 e. The Labute approximate surface area is 133 Å². The number of nitro groups is 1. The molecule has 23 heavy (non-hydrogen) atoms. The number of nitrogens with one attached hydrogen (secondary N) is 1. The van der Waals surface area contributed by atoms with Crippen LogP contribution in [0.1, 0.15) is 0 Å². The van der Waals surface area contributed by atoms with Gasteiger partial charge in [0.05, 0.1) is 4.92 Å². The van der Waals surface area contributed by atoms with Crippen molar-refractivity contribution in [3.05, 3.63) is 63.2 Å². The summed E-state index contributed by atoms with van der Waals surface area (Å²) in [6.07, 6.45) is 0. The van der Waals surface area contributed by atoms with Gasteiger partial charge in [-0.15, -0.1) is 0 Å². The van der Waals surface area contributed by atoms with E-state index >= 15 is 0 Å². The zero-order valence-electron chi connectivity index (χ0n) is 11.4. The summed E-state index contributed by atoms with van der Waals surface area (Å²) in [4.78, 5) is 21.9. The van der Waals surface area contributed by atoms with Gasteiger partial charge in [-0.3, -0.25) is 14.9 Å². The van der Waals surface area contributed by atoms with Gasteiger partial charge in [0.1, 0.15) is 0 Å². The Balaban J connectivity index is 2.02. The van der Waals surface area contributed by atoms with E-state index in [1.807, 2.05) is 0 Å². The van der Waals surface area contributed by atoms with Crippen LogP contribution in [0, 0.1) is 21.7 Å². The number of anilines is 1. The zero-order chi connectivity index (χ0) is 17.0. The Morgan fingerprint density at radius 1 is 1.22 bits per heavy atom. The zero-order valence-corrected chi connectivity index (χ0v) is 12.1. The van der Waals surface area contributed by atoms with E-state index in [9.17, 15) is 23.7 Å². The molecule has 0 spiro atoms. The van der Waals surface area contributed by atoms with Crippen LogP contribution in [0.3, 0.4) is 0 Å². The predicted octanol–water partition coefficient (Wildman–Crippen LogP) is 3.54. The summed E-state index contributed by atoms with van der Waals surface area (Å²) in [6.45, 7) is -0.554. The first-order chi connectivity index (χ1) is 10.9. The monoisotopic (exact) mass is 342 g/mol. The lowest BCUT2D eigenvalue weighted by atomic mass is 10.3. The lowest BCUT2D eigenvalue weighted by Gasteiger charge is -2.08. The topological polar surface area (TPSA) is 81.5 Å². The summed E-state index contributed by atoms with van der Waals surface area (Å²) in [7, 11) is 0. The minimum absolute atomic E-state index is 0.0307. The number of benzene rings is 2. The molecule has 0 saturated heterocycles. The van der Waals surface area contributed by atoms with Gasteiger partial charge in [0.2, 0.25) is 0 Å². The van der Waals surface area contributed by atoms with Gasteiger partial charge >= 0.3 is 5.69 Å². The molecule has 0 unspecified atom stereocenters. The van der Waals surface area contributed by atoms with Crippen LogP contribution in [0.25, 0.3) is 0 Å². The third-order valence-corrected chi connectivity index (χ3v) is 2.91. The number of nitrogens with zero attached hydrogens (tertiary/aromatic N) is 1. The second-order valence-corrected chi connectivity index (χ2v) is 4.77. The molecule has 0 aromatic heterocycles. The number of hydrogen-bond acceptors (Lipinski definition) is 4. The van der Waals surface area contributed by atoms with Crippen molar-refractivity contribution in [3.8, 4) is 5.75 Å². The Kier molecular flexibility index (Phi) is 5.07. The number of amides is 1. The molecule has 0 heterocycles. The molecular formula is C14H9ClF2N2O4. The lowest BCUT2D eigenvalue weighted by molar-refractivity contribution is -0.385. The van der Waals surface area contributed by atoms with Crippen molar-refractivity contribution >= 4 is 28.9 Å². The molecule has 9 heteroatoms. The number of hydrogen-bond donors (Lipinski definition) is 1. The quantitative estimate of drug-likeness (QED) is 0.665. The molecule has 1 amide bonds. The first-order valence-corrected chi connectivity index (χ1v) is 6.56. The minimum Gasteiger partial charge on any atom is -0.477 e. The Hall–Kier alpha value is -2.74. The number of ether oxygens (including phenoxy) is 1. The molecule has 0 atom stereocenters. The molecular weight excluding hydrogens is 334 g/mol. The first-order valence-electron chi connectivity index (χ1n) is 6.18. The fourth-order valence-electron chi connectivity index (χ4n) is 1.67. The number of carbonyl (C=O) groups excluding carboxylic acids is 1. The van der Waals surface area contributed by atoms with Crippen LogP contribution < -0.4 is 10.1 Å². The second kappa shape index (κ2) is 7.01. The van der Waals surface area contributed by atoms with Gasteiger partial charge in [0, 0.05) is 22.8 Å². The number of rotatable bonds is 5. The van der Waals surface area contributed by atoms with E-state index in [1.165, 1.54) is 18.2 Å². The number of carbonyl (C=O) groups is 1. The Morgan fingerprint density at radius 2 is 1.96 bits per heavy atom. The Bertz CT molecular complexity index is 770. The highest BCUT2D eigenvalue weighted by atomic mass is 35.5. The van der Waals surface area contributed by atoms with Gasteiger partial charge in [-0.25, -0.2) is 8.78 Å². The molecule has 0 fully saturated rings. The van der Waals surface area contributed by atoms with Crippen molar-refractivity contribution in [1.82, 2.24) is 0 Å². The van der Waals surface area contributed by atoms with Crippen LogP contribution in [-0.2, 0) is 4.79 Å². The van der Waals surface area contributed by atoms with Crippen LogP contribution in [0.15, 0.2) is 36.4 Å². The van der Waals surface area contributed by atoms with Crippen LogP contribution in [0.2, 0.25) is 5.02 Å². The smallest absolute Gasteiger partial charge is 0.312 e. The molecule has 0 aliphatic carbocycles. The molecule has 0 bridgehead atoms. The minimum atomic E-state index is -1.11. The normalized spacial score (nSPS) is 10.2. The van der Waals surface area contributed by atoms with E-state index in [4.69, 9.17) is 16.3 Å². The van der Waals surface area contributed by atoms with Crippen molar-refractivity contribution in [2.24, 2.45) is 0 Å². The van der Waals surface area contributed by atoms with Gasteiger partial charge in [0.25, 0.3) is 5.91 Å². The van der Waals surface area contributed by atoms with Crippen molar-refractivity contribution in [2.45, 2.75) is 0 Å². The molecule has 2 rings (SSSR count). The highest BCUT2D eigenvalue weighted by Gasteiger charge is 2.17. The molecule has 6 nitrogen and oxygen atoms in total. The third kappa shape index (κ3) is 4.36. The molecule has 0 aliphatic rings. The average Bonchev–Trinajstić information content (AvgIpc) is 2.49. The molecule has 0 saturated carbocycles. The van der Waals surface area contributed by atoms with Gasteiger partial charge in [-0.05, 0) is 24.3 Å². The summed E-state index contributed by atoms with van der Waals surface area (Å²) >= 11 is 5.65. The molecule has 0 radical (unpaired) electrons. The lowest BCUT2D eigenvalue weighted by Crippen LogP contribution is -2.20. The predicted molar refractivity (Wildman–Crippen MR) is 78.6 cm³/mol. The van der Waals surface area contributed by atoms with Crippen LogP contribution in [0.4, 0.5) is 20.2 Å². The van der Waals surface area contributed by atoms with Crippen LogP contribution in [0.5, 0.6) is 5.75 Å². The molecule has 2 aromatic rings. The van der Waals surface area contributed by atoms with Crippen molar-refractivity contribution in [2.75, 3.05) is 11.9 Å².